The van der Waals surface area contributed by atoms with Crippen molar-refractivity contribution in [2.45, 2.75) is 37.6 Å². The van der Waals surface area contributed by atoms with Crippen molar-refractivity contribution in [3.8, 4) is 5.75 Å². The highest BCUT2D eigenvalue weighted by Gasteiger charge is 2.44. The molecule has 5 heteroatoms. The molecule has 0 unspecified atom stereocenters. The fourth-order valence-electron chi connectivity index (χ4n) is 2.30. The zero-order chi connectivity index (χ0) is 14.7. The Balaban J connectivity index is 1.62. The lowest BCUT2D eigenvalue weighted by molar-refractivity contribution is 0.284. The Hall–Kier alpha value is -0.780. The fraction of sp³-hybridized carbons (Fsp3) is 0.625. The van der Waals surface area contributed by atoms with Crippen molar-refractivity contribution in [3.05, 3.63) is 29.6 Å². The van der Waals surface area contributed by atoms with Crippen LogP contribution in [0.5, 0.6) is 5.75 Å². The number of halogens is 1. The van der Waals surface area contributed by atoms with E-state index in [9.17, 15) is 4.39 Å². The van der Waals surface area contributed by atoms with E-state index in [1.807, 2.05) is 12.1 Å². The maximum atomic E-state index is 13.8. The van der Waals surface area contributed by atoms with E-state index in [1.165, 1.54) is 18.9 Å². The number of benzene rings is 1. The molecule has 3 nitrogen and oxygen atoms in total. The summed E-state index contributed by atoms with van der Waals surface area (Å²) < 4.78 is 22.9. The van der Waals surface area contributed by atoms with Crippen LogP contribution in [0.25, 0.3) is 0 Å². The lowest BCUT2D eigenvalue weighted by atomic mass is 10.1. The number of rotatable bonds is 9. The average molecular weight is 311 g/mol. The van der Waals surface area contributed by atoms with Crippen molar-refractivity contribution in [1.29, 1.82) is 0 Å². The Kier molecular flexibility index (Phi) is 4.72. The summed E-state index contributed by atoms with van der Waals surface area (Å²) in [5.74, 6) is 1.61. The largest absolute Gasteiger partial charge is 0.490 e. The summed E-state index contributed by atoms with van der Waals surface area (Å²) in [5, 5.41) is 8.80. The Morgan fingerprint density at radius 3 is 2.86 bits per heavy atom. The summed E-state index contributed by atoms with van der Waals surface area (Å²) in [4.78, 5) is 0. The SMILES string of the molecule is OCCCSNC1(c2ccc(F)c(OCC3CC3)c2)CC1. The van der Waals surface area contributed by atoms with Gasteiger partial charge in [0.05, 0.1) is 12.1 Å². The molecule has 2 N–H and O–H groups in total. The number of hydrogen-bond acceptors (Lipinski definition) is 4. The molecular formula is C16H22FNO2S. The van der Waals surface area contributed by atoms with Crippen molar-refractivity contribution in [2.75, 3.05) is 19.0 Å². The van der Waals surface area contributed by atoms with Gasteiger partial charge in [0.1, 0.15) is 0 Å². The summed E-state index contributed by atoms with van der Waals surface area (Å²) in [5.41, 5.74) is 1.07. The van der Waals surface area contributed by atoms with Gasteiger partial charge in [-0.05, 0) is 55.7 Å². The topological polar surface area (TPSA) is 41.5 Å². The monoisotopic (exact) mass is 311 g/mol. The van der Waals surface area contributed by atoms with Crippen molar-refractivity contribution in [1.82, 2.24) is 4.72 Å². The highest BCUT2D eigenvalue weighted by Crippen LogP contribution is 2.48. The lowest BCUT2D eigenvalue weighted by Gasteiger charge is -2.18. The molecule has 0 aromatic heterocycles. The zero-order valence-corrected chi connectivity index (χ0v) is 12.9. The fourth-order valence-corrected chi connectivity index (χ4v) is 3.28. The van der Waals surface area contributed by atoms with Gasteiger partial charge in [0.15, 0.2) is 11.6 Å². The van der Waals surface area contributed by atoms with Crippen LogP contribution in [0.4, 0.5) is 4.39 Å². The minimum atomic E-state index is -0.275. The molecule has 3 rings (SSSR count). The van der Waals surface area contributed by atoms with Gasteiger partial charge >= 0.3 is 0 Å². The number of ether oxygens (including phenoxy) is 1. The summed E-state index contributed by atoms with van der Waals surface area (Å²) >= 11 is 1.64. The second-order valence-electron chi connectivity index (χ2n) is 6.01. The number of aliphatic hydroxyl groups excluding tert-OH is 1. The molecule has 0 spiro atoms. The predicted octanol–water partition coefficient (Wildman–Crippen LogP) is 3.22. The van der Waals surface area contributed by atoms with Gasteiger partial charge in [-0.15, -0.1) is 0 Å². The van der Waals surface area contributed by atoms with Gasteiger partial charge < -0.3 is 9.84 Å². The summed E-state index contributed by atoms with van der Waals surface area (Å²) in [7, 11) is 0. The van der Waals surface area contributed by atoms with Gasteiger partial charge in [-0.2, -0.15) is 0 Å². The Morgan fingerprint density at radius 1 is 1.38 bits per heavy atom. The number of hydrogen-bond donors (Lipinski definition) is 2. The van der Waals surface area contributed by atoms with Gasteiger partial charge in [0, 0.05) is 12.4 Å². The van der Waals surface area contributed by atoms with Crippen molar-refractivity contribution >= 4 is 11.9 Å². The van der Waals surface area contributed by atoms with Crippen LogP contribution in [0.1, 0.15) is 37.7 Å². The lowest BCUT2D eigenvalue weighted by Crippen LogP contribution is -2.23. The number of aliphatic hydroxyl groups is 1. The predicted molar refractivity (Wildman–Crippen MR) is 82.8 cm³/mol. The van der Waals surface area contributed by atoms with Crippen LogP contribution < -0.4 is 9.46 Å². The molecule has 0 heterocycles. The standard InChI is InChI=1S/C16H22FNO2S/c17-14-5-4-13(10-15(14)20-11-12-2-3-12)16(6-7-16)18-21-9-1-8-19/h4-5,10,12,18-19H,1-3,6-9,11H2. The quantitative estimate of drug-likeness (QED) is 0.543. The van der Waals surface area contributed by atoms with Gasteiger partial charge in [-0.25, -0.2) is 4.39 Å². The van der Waals surface area contributed by atoms with Gasteiger partial charge in [0.25, 0.3) is 0 Å². The third-order valence-electron chi connectivity index (χ3n) is 4.08. The van der Waals surface area contributed by atoms with E-state index >= 15 is 0 Å². The van der Waals surface area contributed by atoms with Crippen molar-refractivity contribution < 1.29 is 14.2 Å². The minimum Gasteiger partial charge on any atom is -0.490 e. The Labute approximate surface area is 129 Å². The molecule has 21 heavy (non-hydrogen) atoms. The van der Waals surface area contributed by atoms with E-state index in [-0.39, 0.29) is 18.0 Å². The highest BCUT2D eigenvalue weighted by molar-refractivity contribution is 7.97. The third kappa shape index (κ3) is 3.90. The zero-order valence-electron chi connectivity index (χ0n) is 12.1. The normalized spacial score (nSPS) is 19.5. The van der Waals surface area contributed by atoms with Crippen LogP contribution in [0.2, 0.25) is 0 Å². The van der Waals surface area contributed by atoms with Gasteiger partial charge in [0.2, 0.25) is 0 Å². The van der Waals surface area contributed by atoms with Crippen molar-refractivity contribution in [2.24, 2.45) is 5.92 Å². The average Bonchev–Trinajstić information content (AvgIpc) is 3.37. The first-order valence-corrected chi connectivity index (χ1v) is 8.65. The Bertz CT molecular complexity index is 489. The molecule has 2 fully saturated rings. The molecule has 2 aliphatic carbocycles. The summed E-state index contributed by atoms with van der Waals surface area (Å²) in [6, 6.07) is 5.22. The molecule has 2 saturated carbocycles. The van der Waals surface area contributed by atoms with Crippen LogP contribution >= 0.6 is 11.9 Å². The first kappa shape index (κ1) is 15.1. The molecule has 0 radical (unpaired) electrons. The first-order valence-electron chi connectivity index (χ1n) is 7.66. The molecular weight excluding hydrogens is 289 g/mol. The van der Waals surface area contributed by atoms with Crippen LogP contribution in [0, 0.1) is 11.7 Å². The molecule has 0 aliphatic heterocycles. The van der Waals surface area contributed by atoms with Crippen molar-refractivity contribution in [3.63, 3.8) is 0 Å². The van der Waals surface area contributed by atoms with E-state index in [1.54, 1.807) is 11.9 Å². The molecule has 0 saturated heterocycles. The molecule has 116 valence electrons. The van der Waals surface area contributed by atoms with E-state index in [2.05, 4.69) is 4.72 Å². The molecule has 1 aromatic rings. The second-order valence-corrected chi connectivity index (χ2v) is 6.91. The first-order chi connectivity index (χ1) is 10.2. The van der Waals surface area contributed by atoms with Crippen LogP contribution in [0.15, 0.2) is 18.2 Å². The Morgan fingerprint density at radius 2 is 2.19 bits per heavy atom. The maximum absolute atomic E-state index is 13.8. The molecule has 0 atom stereocenters. The van der Waals surface area contributed by atoms with Gasteiger partial charge in [-0.3, -0.25) is 4.72 Å². The smallest absolute Gasteiger partial charge is 0.165 e. The molecule has 0 amide bonds. The maximum Gasteiger partial charge on any atom is 0.165 e. The van der Waals surface area contributed by atoms with E-state index in [4.69, 9.17) is 9.84 Å². The summed E-state index contributed by atoms with van der Waals surface area (Å²) in [6.45, 7) is 0.851. The molecule has 2 aliphatic rings. The molecule has 0 bridgehead atoms. The van der Waals surface area contributed by atoms with Gasteiger partial charge in [-0.1, -0.05) is 18.0 Å². The molecule has 1 aromatic carbocycles. The third-order valence-corrected chi connectivity index (χ3v) is 5.11. The van der Waals surface area contributed by atoms with E-state index < -0.39 is 0 Å². The van der Waals surface area contributed by atoms with E-state index in [0.29, 0.717) is 18.3 Å². The number of nitrogens with one attached hydrogen (secondary N) is 1. The minimum absolute atomic E-state index is 0.0362. The summed E-state index contributed by atoms with van der Waals surface area (Å²) in [6.07, 6.45) is 5.31. The van der Waals surface area contributed by atoms with Crippen LogP contribution in [0.3, 0.4) is 0 Å². The van der Waals surface area contributed by atoms with Crippen LogP contribution in [-0.4, -0.2) is 24.1 Å². The van der Waals surface area contributed by atoms with E-state index in [0.717, 1.165) is 30.6 Å². The second kappa shape index (κ2) is 6.55. The van der Waals surface area contributed by atoms with Crippen LogP contribution in [-0.2, 0) is 5.54 Å². The highest BCUT2D eigenvalue weighted by atomic mass is 32.2.